The Balaban J connectivity index is 2.07. The zero-order chi connectivity index (χ0) is 19.8. The van der Waals surface area contributed by atoms with Gasteiger partial charge < -0.3 is 4.74 Å². The van der Waals surface area contributed by atoms with Gasteiger partial charge in [-0.15, -0.1) is 0 Å². The Kier molecular flexibility index (Phi) is 4.66. The number of hydrogen-bond acceptors (Lipinski definition) is 5. The first kappa shape index (κ1) is 18.5. The second-order valence-corrected chi connectivity index (χ2v) is 7.14. The zero-order valence-electron chi connectivity index (χ0n) is 13.8. The van der Waals surface area contributed by atoms with Crippen LogP contribution in [0, 0.1) is 11.6 Å². The van der Waals surface area contributed by atoms with E-state index in [1.54, 1.807) is 0 Å². The lowest BCUT2D eigenvalue weighted by Crippen LogP contribution is -2.33. The van der Waals surface area contributed by atoms with E-state index in [-0.39, 0.29) is 4.90 Å². The van der Waals surface area contributed by atoms with Gasteiger partial charge in [0.05, 0.1) is 12.0 Å². The minimum atomic E-state index is -4.32. The highest BCUT2D eigenvalue weighted by Gasteiger charge is 2.25. The Morgan fingerprint density at radius 1 is 1.00 bits per heavy atom. The molecule has 0 aliphatic carbocycles. The highest BCUT2D eigenvalue weighted by molar-refractivity contribution is 7.90. The molecular formula is C17H12F2N2O5S. The summed E-state index contributed by atoms with van der Waals surface area (Å²) >= 11 is 0. The van der Waals surface area contributed by atoms with Crippen LogP contribution in [0.1, 0.15) is 10.4 Å². The van der Waals surface area contributed by atoms with E-state index in [1.807, 2.05) is 0 Å². The van der Waals surface area contributed by atoms with Gasteiger partial charge >= 0.3 is 5.69 Å². The van der Waals surface area contributed by atoms with Crippen LogP contribution in [0.15, 0.2) is 64.5 Å². The van der Waals surface area contributed by atoms with Crippen molar-refractivity contribution in [2.75, 3.05) is 7.11 Å². The molecule has 7 nitrogen and oxygen atoms in total. The Morgan fingerprint density at radius 3 is 2.15 bits per heavy atom. The van der Waals surface area contributed by atoms with E-state index < -0.39 is 38.8 Å². The number of ether oxygens (including phenoxy) is 1. The Bertz CT molecular complexity index is 1160. The summed E-state index contributed by atoms with van der Waals surface area (Å²) in [4.78, 5) is 24.5. The fraction of sp³-hybridized carbons (Fsp3) is 0.0588. The molecule has 0 saturated carbocycles. The van der Waals surface area contributed by atoms with Gasteiger partial charge in [0.25, 0.3) is 15.9 Å². The van der Waals surface area contributed by atoms with Gasteiger partial charge in [-0.3, -0.25) is 4.79 Å². The van der Waals surface area contributed by atoms with Crippen LogP contribution in [-0.4, -0.2) is 30.0 Å². The molecule has 0 aliphatic heterocycles. The van der Waals surface area contributed by atoms with Gasteiger partial charge in [0.15, 0.2) is 0 Å². The predicted molar refractivity (Wildman–Crippen MR) is 90.4 cm³/mol. The molecule has 0 radical (unpaired) electrons. The number of nitrogens with zero attached hydrogens (tertiary/aromatic N) is 2. The van der Waals surface area contributed by atoms with E-state index in [4.69, 9.17) is 4.74 Å². The molecule has 1 aromatic heterocycles. The second kappa shape index (κ2) is 6.80. The summed E-state index contributed by atoms with van der Waals surface area (Å²) in [5, 5.41) is 0. The fourth-order valence-electron chi connectivity index (χ4n) is 2.38. The first-order valence-corrected chi connectivity index (χ1v) is 8.89. The lowest BCUT2D eigenvalue weighted by atomic mass is 10.2. The predicted octanol–water partition coefficient (Wildman–Crippen LogP) is 1.86. The minimum Gasteiger partial charge on any atom is -0.497 e. The SMILES string of the molecule is COc1ccc(S(=O)(=O)n2ccn(C(=O)c3c(F)cccc3F)c2=O)cc1. The van der Waals surface area contributed by atoms with E-state index in [2.05, 4.69) is 0 Å². The average Bonchev–Trinajstić information content (AvgIpc) is 3.03. The van der Waals surface area contributed by atoms with Crippen LogP contribution in [-0.2, 0) is 10.0 Å². The highest BCUT2D eigenvalue weighted by atomic mass is 32.2. The molecule has 0 fully saturated rings. The van der Waals surface area contributed by atoms with Crippen molar-refractivity contribution in [3.63, 3.8) is 0 Å². The van der Waals surface area contributed by atoms with Crippen molar-refractivity contribution in [2.24, 2.45) is 0 Å². The fourth-order valence-corrected chi connectivity index (χ4v) is 3.60. The number of hydrogen-bond donors (Lipinski definition) is 0. The summed E-state index contributed by atoms with van der Waals surface area (Å²) in [6, 6.07) is 7.97. The number of methoxy groups -OCH3 is 1. The zero-order valence-corrected chi connectivity index (χ0v) is 14.6. The summed E-state index contributed by atoms with van der Waals surface area (Å²) in [5.74, 6) is -3.25. The largest absolute Gasteiger partial charge is 0.497 e. The minimum absolute atomic E-state index is 0.229. The topological polar surface area (TPSA) is 87.4 Å². The van der Waals surface area contributed by atoms with Crippen LogP contribution in [0.25, 0.3) is 0 Å². The van der Waals surface area contributed by atoms with Crippen molar-refractivity contribution in [3.05, 3.63) is 82.5 Å². The number of rotatable bonds is 4. The molecule has 0 bridgehead atoms. The van der Waals surface area contributed by atoms with Gasteiger partial charge in [-0.25, -0.2) is 26.6 Å². The molecule has 3 rings (SSSR count). The molecule has 140 valence electrons. The quantitative estimate of drug-likeness (QED) is 0.674. The molecule has 0 unspecified atom stereocenters. The normalized spacial score (nSPS) is 11.4. The van der Waals surface area contributed by atoms with Crippen molar-refractivity contribution in [2.45, 2.75) is 4.90 Å². The monoisotopic (exact) mass is 394 g/mol. The van der Waals surface area contributed by atoms with Crippen molar-refractivity contribution in [1.82, 2.24) is 8.54 Å². The summed E-state index contributed by atoms with van der Waals surface area (Å²) in [7, 11) is -2.92. The third-order valence-electron chi connectivity index (χ3n) is 3.76. The smallest absolute Gasteiger partial charge is 0.349 e. The molecule has 0 amide bonds. The first-order valence-electron chi connectivity index (χ1n) is 7.45. The lowest BCUT2D eigenvalue weighted by molar-refractivity contribution is 0.0947. The number of carbonyl (C=O) groups is 1. The maximum absolute atomic E-state index is 13.8. The van der Waals surface area contributed by atoms with Crippen LogP contribution in [0.4, 0.5) is 8.78 Å². The van der Waals surface area contributed by atoms with Gasteiger partial charge in [0.2, 0.25) is 0 Å². The molecule has 0 atom stereocenters. The molecule has 0 aliphatic rings. The van der Waals surface area contributed by atoms with Crippen molar-refractivity contribution < 1.29 is 26.7 Å². The molecule has 2 aromatic carbocycles. The van der Waals surface area contributed by atoms with Crippen LogP contribution in [0.5, 0.6) is 5.75 Å². The van der Waals surface area contributed by atoms with E-state index in [1.165, 1.54) is 31.4 Å². The Morgan fingerprint density at radius 2 is 1.59 bits per heavy atom. The van der Waals surface area contributed by atoms with Gasteiger partial charge in [0.1, 0.15) is 22.9 Å². The van der Waals surface area contributed by atoms with Gasteiger partial charge in [0, 0.05) is 12.4 Å². The van der Waals surface area contributed by atoms with Crippen molar-refractivity contribution in [1.29, 1.82) is 0 Å². The van der Waals surface area contributed by atoms with Gasteiger partial charge in [-0.1, -0.05) is 6.07 Å². The average molecular weight is 394 g/mol. The van der Waals surface area contributed by atoms with Crippen LogP contribution < -0.4 is 10.4 Å². The molecular weight excluding hydrogens is 382 g/mol. The molecule has 10 heteroatoms. The standard InChI is InChI=1S/C17H12F2N2O5S/c1-26-11-5-7-12(8-6-11)27(24,25)21-10-9-20(17(21)23)16(22)15-13(18)3-2-4-14(15)19/h2-10H,1H3. The summed E-state index contributed by atoms with van der Waals surface area (Å²) in [6.45, 7) is 0. The summed E-state index contributed by atoms with van der Waals surface area (Å²) < 4.78 is 58.4. The number of carbonyl (C=O) groups excluding carboxylic acids is 1. The Hall–Kier alpha value is -3.27. The van der Waals surface area contributed by atoms with Crippen LogP contribution in [0.2, 0.25) is 0 Å². The molecule has 27 heavy (non-hydrogen) atoms. The lowest BCUT2D eigenvalue weighted by Gasteiger charge is -2.06. The van der Waals surface area contributed by atoms with E-state index in [0.717, 1.165) is 30.6 Å². The molecule has 0 saturated heterocycles. The molecule has 0 N–H and O–H groups in total. The van der Waals surface area contributed by atoms with E-state index in [0.29, 0.717) is 14.3 Å². The van der Waals surface area contributed by atoms with Crippen molar-refractivity contribution >= 4 is 15.9 Å². The summed E-state index contributed by atoms with van der Waals surface area (Å²) in [6.07, 6.45) is 1.66. The second-order valence-electron chi connectivity index (χ2n) is 5.33. The first-order chi connectivity index (χ1) is 12.8. The Labute approximate surface area is 152 Å². The van der Waals surface area contributed by atoms with Gasteiger partial charge in [-0.05, 0) is 36.4 Å². The number of halogens is 2. The highest BCUT2D eigenvalue weighted by Crippen LogP contribution is 2.18. The third-order valence-corrected chi connectivity index (χ3v) is 5.42. The van der Waals surface area contributed by atoms with Crippen LogP contribution in [0.3, 0.4) is 0 Å². The third kappa shape index (κ3) is 3.14. The van der Waals surface area contributed by atoms with Gasteiger partial charge in [-0.2, -0.15) is 3.97 Å². The molecule has 3 aromatic rings. The van der Waals surface area contributed by atoms with Crippen molar-refractivity contribution in [3.8, 4) is 5.75 Å². The van der Waals surface area contributed by atoms with E-state index >= 15 is 0 Å². The number of imidazole rings is 1. The number of aromatic nitrogens is 2. The maximum atomic E-state index is 13.8. The molecule has 1 heterocycles. The van der Waals surface area contributed by atoms with Crippen LogP contribution >= 0.6 is 0 Å². The molecule has 0 spiro atoms. The maximum Gasteiger partial charge on any atom is 0.349 e. The van der Waals surface area contributed by atoms with E-state index in [9.17, 15) is 26.8 Å². The number of benzene rings is 2. The summed E-state index contributed by atoms with van der Waals surface area (Å²) in [5.41, 5.74) is -2.24.